The van der Waals surface area contributed by atoms with Gasteiger partial charge in [-0.25, -0.2) is 4.79 Å². The molecule has 0 aliphatic heterocycles. The molecular formula is C9H17N3O2. The third-order valence-corrected chi connectivity index (χ3v) is 2.99. The summed E-state index contributed by atoms with van der Waals surface area (Å²) in [5.74, 6) is 0.398. The van der Waals surface area contributed by atoms with Crippen molar-refractivity contribution in [3.8, 4) is 0 Å². The van der Waals surface area contributed by atoms with Crippen LogP contribution in [-0.2, 0) is 0 Å². The third kappa shape index (κ3) is 2.37. The molecule has 1 aliphatic carbocycles. The van der Waals surface area contributed by atoms with E-state index < -0.39 is 6.09 Å². The molecule has 5 nitrogen and oxygen atoms in total. The monoisotopic (exact) mass is 199 g/mol. The van der Waals surface area contributed by atoms with Crippen LogP contribution in [0, 0.1) is 11.3 Å². The number of nitrogens with zero attached hydrogens (tertiary/aromatic N) is 1. The molecule has 5 heteroatoms. The highest BCUT2D eigenvalue weighted by molar-refractivity contribution is 5.79. The molecule has 4 N–H and O–H groups in total. The molecule has 0 aromatic carbocycles. The quantitative estimate of drug-likeness (QED) is 0.459. The number of carbonyl (C=O) groups is 1. The lowest BCUT2D eigenvalue weighted by atomic mass is 9.85. The highest BCUT2D eigenvalue weighted by Gasteiger charge is 2.27. The van der Waals surface area contributed by atoms with Crippen LogP contribution >= 0.6 is 0 Å². The molecule has 0 unspecified atom stereocenters. The van der Waals surface area contributed by atoms with Gasteiger partial charge < -0.3 is 15.7 Å². The molecule has 14 heavy (non-hydrogen) atoms. The van der Waals surface area contributed by atoms with Crippen molar-refractivity contribution >= 4 is 11.9 Å². The van der Waals surface area contributed by atoms with Crippen LogP contribution in [-0.4, -0.2) is 35.0 Å². The van der Waals surface area contributed by atoms with Gasteiger partial charge in [0.15, 0.2) is 0 Å². The first-order valence-electron chi connectivity index (χ1n) is 4.82. The second-order valence-corrected chi connectivity index (χ2v) is 3.85. The van der Waals surface area contributed by atoms with Crippen LogP contribution in [0.15, 0.2) is 0 Å². The Morgan fingerprint density at radius 3 is 2.29 bits per heavy atom. The zero-order valence-electron chi connectivity index (χ0n) is 8.36. The Labute approximate surface area is 83.4 Å². The molecule has 0 saturated heterocycles. The molecule has 80 valence electrons. The molecule has 1 rings (SSSR count). The molecule has 0 heterocycles. The van der Waals surface area contributed by atoms with E-state index in [0.29, 0.717) is 0 Å². The molecule has 1 amide bonds. The van der Waals surface area contributed by atoms with Gasteiger partial charge in [-0.1, -0.05) is 0 Å². The van der Waals surface area contributed by atoms with Crippen molar-refractivity contribution in [3.05, 3.63) is 0 Å². The number of carboxylic acid groups (broad SMARTS) is 1. The van der Waals surface area contributed by atoms with Crippen molar-refractivity contribution in [2.24, 2.45) is 11.7 Å². The first-order chi connectivity index (χ1) is 6.52. The number of nitrogens with two attached hydrogens (primary N) is 1. The largest absolute Gasteiger partial charge is 0.465 e. The second kappa shape index (κ2) is 4.30. The maximum atomic E-state index is 10.7. The van der Waals surface area contributed by atoms with Crippen LogP contribution in [0.5, 0.6) is 0 Å². The van der Waals surface area contributed by atoms with Gasteiger partial charge >= 0.3 is 6.09 Å². The normalized spacial score (nSPS) is 26.9. The zero-order valence-corrected chi connectivity index (χ0v) is 8.36. The minimum atomic E-state index is -0.878. The fraction of sp³-hybridized carbons (Fsp3) is 0.778. The second-order valence-electron chi connectivity index (χ2n) is 3.85. The van der Waals surface area contributed by atoms with Crippen molar-refractivity contribution in [1.29, 1.82) is 5.41 Å². The Morgan fingerprint density at radius 2 is 1.93 bits per heavy atom. The third-order valence-electron chi connectivity index (χ3n) is 2.99. The topological polar surface area (TPSA) is 90.4 Å². The fourth-order valence-corrected chi connectivity index (χ4v) is 1.93. The lowest BCUT2D eigenvalue weighted by Gasteiger charge is -2.32. The van der Waals surface area contributed by atoms with Crippen molar-refractivity contribution in [3.63, 3.8) is 0 Å². The SMILES string of the molecule is CN(C(=O)O)C1CCC(C(=N)N)CC1. The van der Waals surface area contributed by atoms with Crippen LogP contribution in [0.25, 0.3) is 0 Å². The molecular weight excluding hydrogens is 182 g/mol. The van der Waals surface area contributed by atoms with Crippen molar-refractivity contribution in [2.45, 2.75) is 31.7 Å². The Kier molecular flexibility index (Phi) is 3.33. The number of amides is 1. The first-order valence-corrected chi connectivity index (χ1v) is 4.82. The van der Waals surface area contributed by atoms with Crippen molar-refractivity contribution < 1.29 is 9.90 Å². The Balaban J connectivity index is 2.43. The standard InChI is InChI=1S/C9H17N3O2/c1-12(9(13)14)7-4-2-6(3-5-7)8(10)11/h6-7H,2-5H2,1H3,(H3,10,11)(H,13,14). The molecule has 0 radical (unpaired) electrons. The van der Waals surface area contributed by atoms with E-state index in [-0.39, 0.29) is 17.8 Å². The average Bonchev–Trinajstić information content (AvgIpc) is 2.16. The van der Waals surface area contributed by atoms with E-state index in [4.69, 9.17) is 16.2 Å². The molecule has 0 aromatic heterocycles. The van der Waals surface area contributed by atoms with E-state index in [1.807, 2.05) is 0 Å². The Morgan fingerprint density at radius 1 is 1.43 bits per heavy atom. The van der Waals surface area contributed by atoms with E-state index in [9.17, 15) is 4.79 Å². The number of hydrogen-bond donors (Lipinski definition) is 3. The summed E-state index contributed by atoms with van der Waals surface area (Å²) in [6.07, 6.45) is 2.41. The number of amidine groups is 1. The number of hydrogen-bond acceptors (Lipinski definition) is 2. The average molecular weight is 199 g/mol. The van der Waals surface area contributed by atoms with Crippen LogP contribution in [0.4, 0.5) is 4.79 Å². The van der Waals surface area contributed by atoms with Gasteiger partial charge in [-0.2, -0.15) is 0 Å². The summed E-state index contributed by atoms with van der Waals surface area (Å²) in [5, 5.41) is 16.1. The van der Waals surface area contributed by atoms with Gasteiger partial charge in [0.2, 0.25) is 0 Å². The van der Waals surface area contributed by atoms with E-state index in [1.54, 1.807) is 7.05 Å². The first kappa shape index (κ1) is 10.8. The van der Waals surface area contributed by atoms with Gasteiger partial charge in [-0.15, -0.1) is 0 Å². The van der Waals surface area contributed by atoms with Crippen molar-refractivity contribution in [2.75, 3.05) is 7.05 Å². The van der Waals surface area contributed by atoms with Gasteiger partial charge in [0.1, 0.15) is 0 Å². The predicted molar refractivity (Wildman–Crippen MR) is 53.4 cm³/mol. The van der Waals surface area contributed by atoms with E-state index in [0.717, 1.165) is 25.7 Å². The van der Waals surface area contributed by atoms with Crippen LogP contribution in [0.3, 0.4) is 0 Å². The molecule has 0 aromatic rings. The summed E-state index contributed by atoms with van der Waals surface area (Å²) < 4.78 is 0. The smallest absolute Gasteiger partial charge is 0.407 e. The molecule has 0 bridgehead atoms. The van der Waals surface area contributed by atoms with Gasteiger partial charge in [0, 0.05) is 19.0 Å². The number of nitrogens with one attached hydrogen (secondary N) is 1. The summed E-state index contributed by atoms with van der Waals surface area (Å²) in [6, 6.07) is 0.100. The lowest BCUT2D eigenvalue weighted by Crippen LogP contribution is -2.40. The van der Waals surface area contributed by atoms with Crippen LogP contribution < -0.4 is 5.73 Å². The van der Waals surface area contributed by atoms with Gasteiger partial charge in [0.25, 0.3) is 0 Å². The Hall–Kier alpha value is -1.26. The molecule has 0 atom stereocenters. The maximum absolute atomic E-state index is 10.7. The van der Waals surface area contributed by atoms with E-state index in [1.165, 1.54) is 4.90 Å². The summed E-state index contributed by atoms with van der Waals surface area (Å²) in [7, 11) is 1.60. The van der Waals surface area contributed by atoms with Gasteiger partial charge in [-0.05, 0) is 25.7 Å². The highest BCUT2D eigenvalue weighted by Crippen LogP contribution is 2.26. The summed E-state index contributed by atoms with van der Waals surface area (Å²) in [5.41, 5.74) is 5.40. The highest BCUT2D eigenvalue weighted by atomic mass is 16.4. The number of rotatable bonds is 2. The van der Waals surface area contributed by atoms with E-state index in [2.05, 4.69) is 0 Å². The lowest BCUT2D eigenvalue weighted by molar-refractivity contribution is 0.123. The minimum Gasteiger partial charge on any atom is -0.465 e. The van der Waals surface area contributed by atoms with Crippen LogP contribution in [0.2, 0.25) is 0 Å². The van der Waals surface area contributed by atoms with Crippen molar-refractivity contribution in [1.82, 2.24) is 4.90 Å². The van der Waals surface area contributed by atoms with Crippen LogP contribution in [0.1, 0.15) is 25.7 Å². The minimum absolute atomic E-state index is 0.100. The van der Waals surface area contributed by atoms with E-state index >= 15 is 0 Å². The molecule has 0 spiro atoms. The molecule has 1 fully saturated rings. The predicted octanol–water partition coefficient (Wildman–Crippen LogP) is 1.09. The summed E-state index contributed by atoms with van der Waals surface area (Å²) in [6.45, 7) is 0. The maximum Gasteiger partial charge on any atom is 0.407 e. The summed E-state index contributed by atoms with van der Waals surface area (Å²) in [4.78, 5) is 12.0. The van der Waals surface area contributed by atoms with Gasteiger partial charge in [0.05, 0.1) is 5.84 Å². The molecule has 1 aliphatic rings. The fourth-order valence-electron chi connectivity index (χ4n) is 1.93. The molecule has 1 saturated carbocycles. The van der Waals surface area contributed by atoms with Gasteiger partial charge in [-0.3, -0.25) is 5.41 Å². The summed E-state index contributed by atoms with van der Waals surface area (Å²) >= 11 is 0. The zero-order chi connectivity index (χ0) is 10.7. The Bertz CT molecular complexity index is 234.